The van der Waals surface area contributed by atoms with Crippen LogP contribution in [-0.4, -0.2) is 26.4 Å². The Bertz CT molecular complexity index is 1380. The summed E-state index contributed by atoms with van der Waals surface area (Å²) in [5.74, 6) is 1.71. The molecule has 0 aliphatic heterocycles. The summed E-state index contributed by atoms with van der Waals surface area (Å²) in [7, 11) is 1.68. The van der Waals surface area contributed by atoms with Crippen LogP contribution in [0.4, 0.5) is 0 Å². The Balaban J connectivity index is 1.58. The van der Waals surface area contributed by atoms with Gasteiger partial charge in [0.25, 0.3) is 0 Å². The van der Waals surface area contributed by atoms with Gasteiger partial charge in [-0.3, -0.25) is 9.67 Å². The molecule has 5 nitrogen and oxygen atoms in total. The summed E-state index contributed by atoms with van der Waals surface area (Å²) >= 11 is 5.56. The van der Waals surface area contributed by atoms with E-state index in [1.54, 1.807) is 7.11 Å². The molecule has 0 unspecified atom stereocenters. The second kappa shape index (κ2) is 8.24. The number of aromatic amines is 1. The maximum absolute atomic E-state index is 5.56. The van der Waals surface area contributed by atoms with Crippen molar-refractivity contribution in [3.8, 4) is 17.1 Å². The van der Waals surface area contributed by atoms with Gasteiger partial charge in [-0.1, -0.05) is 60.7 Å². The number of ether oxygens (including phenoxy) is 1. The maximum atomic E-state index is 5.56. The van der Waals surface area contributed by atoms with Crippen molar-refractivity contribution in [2.24, 2.45) is 0 Å². The third kappa shape index (κ3) is 3.78. The highest BCUT2D eigenvalue weighted by Gasteiger charge is 2.16. The van der Waals surface area contributed by atoms with Crippen LogP contribution in [0.5, 0.6) is 5.75 Å². The molecule has 154 valence electrons. The number of fused-ring (bicyclic) bond motifs is 1. The molecular weight excluding hydrogens is 404 g/mol. The average Bonchev–Trinajstić information content (AvgIpc) is 3.35. The van der Waals surface area contributed by atoms with Gasteiger partial charge in [0.15, 0.2) is 10.6 Å². The van der Waals surface area contributed by atoms with E-state index in [9.17, 15) is 0 Å². The van der Waals surface area contributed by atoms with Gasteiger partial charge in [0.05, 0.1) is 13.7 Å². The minimum Gasteiger partial charge on any atom is -0.497 e. The first-order chi connectivity index (χ1) is 15.2. The Morgan fingerprint density at radius 2 is 1.58 bits per heavy atom. The molecular formula is C25H22N4OS. The summed E-state index contributed by atoms with van der Waals surface area (Å²) in [6, 6.07) is 26.9. The lowest BCUT2D eigenvalue weighted by molar-refractivity contribution is 0.414. The van der Waals surface area contributed by atoms with Crippen LogP contribution in [0.15, 0.2) is 85.1 Å². The molecule has 0 fully saturated rings. The summed E-state index contributed by atoms with van der Waals surface area (Å²) in [4.78, 5) is 0. The number of hydrogen-bond donors (Lipinski definition) is 1. The van der Waals surface area contributed by atoms with E-state index in [0.717, 1.165) is 34.6 Å². The third-order valence-corrected chi connectivity index (χ3v) is 5.79. The zero-order chi connectivity index (χ0) is 21.2. The molecule has 0 bridgehead atoms. The Morgan fingerprint density at radius 1 is 0.871 bits per heavy atom. The summed E-state index contributed by atoms with van der Waals surface area (Å²) in [6.07, 6.45) is 2.17. The van der Waals surface area contributed by atoms with Crippen LogP contribution >= 0.6 is 12.2 Å². The first kappa shape index (κ1) is 19.3. The second-order valence-electron chi connectivity index (χ2n) is 7.46. The lowest BCUT2D eigenvalue weighted by atomic mass is 10.1. The molecule has 0 spiro atoms. The molecule has 3 aromatic carbocycles. The number of methoxy groups -OCH3 is 1. The van der Waals surface area contributed by atoms with E-state index in [4.69, 9.17) is 17.0 Å². The quantitative estimate of drug-likeness (QED) is 0.356. The van der Waals surface area contributed by atoms with E-state index >= 15 is 0 Å². The number of H-pyrrole nitrogens is 1. The topological polar surface area (TPSA) is 47.8 Å². The molecule has 0 saturated heterocycles. The number of hydrogen-bond acceptors (Lipinski definition) is 3. The number of rotatable bonds is 6. The van der Waals surface area contributed by atoms with Crippen LogP contribution in [0.25, 0.3) is 22.3 Å². The fourth-order valence-electron chi connectivity index (χ4n) is 3.92. The summed E-state index contributed by atoms with van der Waals surface area (Å²) in [5.41, 5.74) is 4.61. The van der Waals surface area contributed by atoms with Crippen molar-refractivity contribution in [2.45, 2.75) is 13.1 Å². The van der Waals surface area contributed by atoms with Gasteiger partial charge >= 0.3 is 0 Å². The Labute approximate surface area is 185 Å². The van der Waals surface area contributed by atoms with E-state index in [1.165, 1.54) is 11.1 Å². The standard InChI is InChI=1S/C25H22N4OS/c1-30-20-13-11-19(12-14-20)15-28-17-22(21-9-5-6-10-23(21)28)24-26-27-25(31)29(24)16-18-7-3-2-4-8-18/h2-14,17H,15-16H2,1H3,(H,27,31). The smallest absolute Gasteiger partial charge is 0.195 e. The summed E-state index contributed by atoms with van der Waals surface area (Å²) < 4.78 is 10.2. The predicted octanol–water partition coefficient (Wildman–Crippen LogP) is 5.67. The SMILES string of the molecule is COc1ccc(Cn2cc(-c3n[nH]c(=S)n3Cc3ccccc3)c3ccccc32)cc1. The number of aromatic nitrogens is 4. The number of nitrogens with zero attached hydrogens (tertiary/aromatic N) is 3. The lowest BCUT2D eigenvalue weighted by Gasteiger charge is -2.07. The third-order valence-electron chi connectivity index (χ3n) is 5.48. The van der Waals surface area contributed by atoms with Crippen molar-refractivity contribution < 1.29 is 4.74 Å². The summed E-state index contributed by atoms with van der Waals surface area (Å²) in [5, 5.41) is 8.73. The highest BCUT2D eigenvalue weighted by atomic mass is 32.1. The van der Waals surface area contributed by atoms with Gasteiger partial charge in [0.1, 0.15) is 5.75 Å². The molecule has 5 aromatic rings. The zero-order valence-electron chi connectivity index (χ0n) is 17.2. The number of nitrogens with one attached hydrogen (secondary N) is 1. The Kier molecular flexibility index (Phi) is 5.14. The number of para-hydroxylation sites is 1. The van der Waals surface area contributed by atoms with Crippen molar-refractivity contribution in [3.05, 3.63) is 101 Å². The molecule has 5 rings (SSSR count). The van der Waals surface area contributed by atoms with Crippen molar-refractivity contribution in [3.63, 3.8) is 0 Å². The van der Waals surface area contributed by atoms with Gasteiger partial charge in [0.2, 0.25) is 0 Å². The summed E-state index contributed by atoms with van der Waals surface area (Å²) in [6.45, 7) is 1.43. The first-order valence-corrected chi connectivity index (χ1v) is 10.5. The van der Waals surface area contributed by atoms with Gasteiger partial charge < -0.3 is 9.30 Å². The van der Waals surface area contributed by atoms with E-state index in [0.29, 0.717) is 11.3 Å². The fourth-order valence-corrected chi connectivity index (χ4v) is 4.12. The van der Waals surface area contributed by atoms with Crippen LogP contribution in [0.2, 0.25) is 0 Å². The molecule has 0 amide bonds. The molecule has 6 heteroatoms. The largest absolute Gasteiger partial charge is 0.497 e. The van der Waals surface area contributed by atoms with Gasteiger partial charge in [0, 0.05) is 29.2 Å². The highest BCUT2D eigenvalue weighted by Crippen LogP contribution is 2.30. The average molecular weight is 427 g/mol. The molecule has 31 heavy (non-hydrogen) atoms. The monoisotopic (exact) mass is 426 g/mol. The molecule has 0 saturated carbocycles. The van der Waals surface area contributed by atoms with Crippen LogP contribution < -0.4 is 4.74 Å². The van der Waals surface area contributed by atoms with Crippen molar-refractivity contribution in [1.29, 1.82) is 0 Å². The van der Waals surface area contributed by atoms with Gasteiger partial charge in [-0.25, -0.2) is 0 Å². The van der Waals surface area contributed by atoms with Gasteiger partial charge in [-0.2, -0.15) is 5.10 Å². The highest BCUT2D eigenvalue weighted by molar-refractivity contribution is 7.71. The minimum atomic E-state index is 0.617. The van der Waals surface area contributed by atoms with Crippen LogP contribution in [0.3, 0.4) is 0 Å². The Morgan fingerprint density at radius 3 is 2.35 bits per heavy atom. The Hall–Kier alpha value is -3.64. The van der Waals surface area contributed by atoms with Gasteiger partial charge in [-0.05, 0) is 41.5 Å². The van der Waals surface area contributed by atoms with Crippen molar-refractivity contribution in [1.82, 2.24) is 19.3 Å². The molecule has 0 atom stereocenters. The van der Waals surface area contributed by atoms with Gasteiger partial charge in [-0.15, -0.1) is 0 Å². The fraction of sp³-hybridized carbons (Fsp3) is 0.120. The van der Waals surface area contributed by atoms with Crippen LogP contribution in [-0.2, 0) is 13.1 Å². The van der Waals surface area contributed by atoms with E-state index in [-0.39, 0.29) is 0 Å². The lowest BCUT2D eigenvalue weighted by Crippen LogP contribution is -2.02. The van der Waals surface area contributed by atoms with Crippen LogP contribution in [0, 0.1) is 4.77 Å². The molecule has 2 heterocycles. The maximum Gasteiger partial charge on any atom is 0.195 e. The van der Waals surface area contributed by atoms with E-state index < -0.39 is 0 Å². The normalized spacial score (nSPS) is 11.1. The van der Waals surface area contributed by atoms with Crippen molar-refractivity contribution >= 4 is 23.1 Å². The minimum absolute atomic E-state index is 0.617. The second-order valence-corrected chi connectivity index (χ2v) is 7.85. The van der Waals surface area contributed by atoms with E-state index in [2.05, 4.69) is 74.1 Å². The predicted molar refractivity (Wildman–Crippen MR) is 126 cm³/mol. The first-order valence-electron chi connectivity index (χ1n) is 10.1. The van der Waals surface area contributed by atoms with Crippen molar-refractivity contribution in [2.75, 3.05) is 7.11 Å². The molecule has 0 radical (unpaired) electrons. The molecule has 0 aliphatic rings. The zero-order valence-corrected chi connectivity index (χ0v) is 18.0. The number of benzene rings is 3. The molecule has 1 N–H and O–H groups in total. The molecule has 0 aliphatic carbocycles. The van der Waals surface area contributed by atoms with Crippen LogP contribution in [0.1, 0.15) is 11.1 Å². The molecule has 2 aromatic heterocycles. The van der Waals surface area contributed by atoms with E-state index in [1.807, 2.05) is 30.3 Å².